The number of anilines is 1. The number of ether oxygens (including phenoxy) is 1. The van der Waals surface area contributed by atoms with Crippen molar-refractivity contribution in [2.24, 2.45) is 0 Å². The van der Waals surface area contributed by atoms with Crippen LogP contribution in [0.2, 0.25) is 0 Å². The maximum atomic E-state index is 5.07. The van der Waals surface area contributed by atoms with Crippen molar-refractivity contribution in [1.82, 2.24) is 4.98 Å². The van der Waals surface area contributed by atoms with Gasteiger partial charge in [-0.2, -0.15) is 0 Å². The monoisotopic (exact) mass is 238 g/mol. The zero-order chi connectivity index (χ0) is 13.1. The van der Waals surface area contributed by atoms with E-state index < -0.39 is 0 Å². The number of likely N-dealkylation sites (N-methyl/N-ethyl adjacent to an activating group) is 1. The summed E-state index contributed by atoms with van der Waals surface area (Å²) in [5, 5.41) is 0. The lowest BCUT2D eigenvalue weighted by molar-refractivity contribution is 0.205. The second kappa shape index (κ2) is 10.1. The molecule has 0 aliphatic carbocycles. The van der Waals surface area contributed by atoms with Crippen LogP contribution in [0, 0.1) is 0 Å². The molecule has 3 nitrogen and oxygen atoms in total. The van der Waals surface area contributed by atoms with E-state index in [1.807, 2.05) is 20.0 Å². The summed E-state index contributed by atoms with van der Waals surface area (Å²) in [5.41, 5.74) is 1.28. The van der Waals surface area contributed by atoms with Crippen molar-refractivity contribution >= 4 is 5.82 Å². The van der Waals surface area contributed by atoms with Gasteiger partial charge in [0.1, 0.15) is 5.82 Å². The Bertz CT molecular complexity index is 272. The van der Waals surface area contributed by atoms with Crippen LogP contribution in [0.3, 0.4) is 0 Å². The second-order valence-electron chi connectivity index (χ2n) is 3.45. The Hall–Kier alpha value is -1.09. The zero-order valence-corrected chi connectivity index (χ0v) is 11.9. The van der Waals surface area contributed by atoms with Crippen LogP contribution >= 0.6 is 0 Å². The molecule has 0 aromatic carbocycles. The molecule has 0 bridgehead atoms. The first kappa shape index (κ1) is 15.9. The summed E-state index contributed by atoms with van der Waals surface area (Å²) < 4.78 is 5.07. The van der Waals surface area contributed by atoms with Crippen LogP contribution in [-0.2, 0) is 11.2 Å². The van der Waals surface area contributed by atoms with Crippen molar-refractivity contribution in [3.8, 4) is 0 Å². The summed E-state index contributed by atoms with van der Waals surface area (Å²) in [5.74, 6) is 1.03. The highest BCUT2D eigenvalue weighted by molar-refractivity contribution is 5.39. The molecule has 0 aliphatic rings. The van der Waals surface area contributed by atoms with Crippen LogP contribution in [0.1, 0.15) is 33.3 Å². The molecule has 98 valence electrons. The number of nitrogens with zero attached hydrogens (tertiary/aromatic N) is 2. The minimum atomic E-state index is 0.741. The van der Waals surface area contributed by atoms with Gasteiger partial charge in [0, 0.05) is 26.4 Å². The van der Waals surface area contributed by atoms with E-state index in [0.717, 1.165) is 31.9 Å². The van der Waals surface area contributed by atoms with Crippen LogP contribution in [0.4, 0.5) is 5.82 Å². The maximum absolute atomic E-state index is 5.07. The molecule has 3 heteroatoms. The Morgan fingerprint density at radius 1 is 1.24 bits per heavy atom. The fourth-order valence-electron chi connectivity index (χ4n) is 1.45. The number of aryl methyl sites for hydroxylation is 1. The summed E-state index contributed by atoms with van der Waals surface area (Å²) >= 11 is 0. The molecule has 0 unspecified atom stereocenters. The van der Waals surface area contributed by atoms with E-state index in [4.69, 9.17) is 4.74 Å². The van der Waals surface area contributed by atoms with E-state index in [0.29, 0.717) is 0 Å². The van der Waals surface area contributed by atoms with Crippen molar-refractivity contribution in [2.45, 2.75) is 34.1 Å². The van der Waals surface area contributed by atoms with Crippen LogP contribution in [0.15, 0.2) is 18.3 Å². The van der Waals surface area contributed by atoms with Crippen molar-refractivity contribution in [3.63, 3.8) is 0 Å². The average Bonchev–Trinajstić information content (AvgIpc) is 2.42. The van der Waals surface area contributed by atoms with Crippen molar-refractivity contribution in [1.29, 1.82) is 0 Å². The normalized spacial score (nSPS) is 9.47. The molecule has 0 amide bonds. The summed E-state index contributed by atoms with van der Waals surface area (Å²) in [6, 6.07) is 4.22. The Balaban J connectivity index is 0.00000121. The largest absolute Gasteiger partial charge is 0.383 e. The standard InChI is InChI=1S/C12H20N2O.C2H6/c1-4-11-6-7-12(13-10-11)14(5-2)8-9-15-3;1-2/h6-7,10H,4-5,8-9H2,1-3H3;1-2H3. The molecule has 0 atom stereocenters. The topological polar surface area (TPSA) is 25.4 Å². The predicted molar refractivity (Wildman–Crippen MR) is 74.7 cm³/mol. The van der Waals surface area contributed by atoms with E-state index >= 15 is 0 Å². The lowest BCUT2D eigenvalue weighted by Crippen LogP contribution is -2.27. The summed E-state index contributed by atoms with van der Waals surface area (Å²) in [6.07, 6.45) is 2.99. The van der Waals surface area contributed by atoms with Gasteiger partial charge in [-0.3, -0.25) is 0 Å². The lowest BCUT2D eigenvalue weighted by atomic mass is 10.2. The number of methoxy groups -OCH3 is 1. The van der Waals surface area contributed by atoms with Crippen molar-refractivity contribution in [3.05, 3.63) is 23.9 Å². The highest BCUT2D eigenvalue weighted by Gasteiger charge is 2.04. The van der Waals surface area contributed by atoms with E-state index in [-0.39, 0.29) is 0 Å². The number of pyridine rings is 1. The molecule has 0 fully saturated rings. The third-order valence-electron chi connectivity index (χ3n) is 2.49. The Morgan fingerprint density at radius 3 is 2.35 bits per heavy atom. The molecule has 0 radical (unpaired) electrons. The molecule has 1 aromatic heterocycles. The summed E-state index contributed by atoms with van der Waals surface area (Å²) in [7, 11) is 1.72. The molecule has 0 saturated heterocycles. The lowest BCUT2D eigenvalue weighted by Gasteiger charge is -2.21. The number of rotatable bonds is 6. The van der Waals surface area contributed by atoms with Crippen molar-refractivity contribution in [2.75, 3.05) is 31.7 Å². The zero-order valence-electron chi connectivity index (χ0n) is 11.9. The van der Waals surface area contributed by atoms with Gasteiger partial charge in [-0.1, -0.05) is 26.8 Å². The first-order valence-corrected chi connectivity index (χ1v) is 6.50. The highest BCUT2D eigenvalue weighted by atomic mass is 16.5. The summed E-state index contributed by atoms with van der Waals surface area (Å²) in [6.45, 7) is 10.9. The fourth-order valence-corrected chi connectivity index (χ4v) is 1.45. The third-order valence-corrected chi connectivity index (χ3v) is 2.49. The van der Waals surface area contributed by atoms with Crippen molar-refractivity contribution < 1.29 is 4.74 Å². The first-order chi connectivity index (χ1) is 8.31. The summed E-state index contributed by atoms with van der Waals surface area (Å²) in [4.78, 5) is 6.66. The number of hydrogen-bond acceptors (Lipinski definition) is 3. The van der Waals surface area contributed by atoms with Crippen LogP contribution in [-0.4, -0.2) is 31.8 Å². The van der Waals surface area contributed by atoms with Gasteiger partial charge in [0.25, 0.3) is 0 Å². The van der Waals surface area contributed by atoms with E-state index in [1.165, 1.54) is 5.56 Å². The smallest absolute Gasteiger partial charge is 0.128 e. The van der Waals surface area contributed by atoms with E-state index in [9.17, 15) is 0 Å². The minimum absolute atomic E-state index is 0.741. The quantitative estimate of drug-likeness (QED) is 0.761. The Kier molecular flexibility index (Phi) is 9.44. The molecular formula is C14H26N2O. The molecule has 1 rings (SSSR count). The van der Waals surface area contributed by atoms with E-state index in [2.05, 4.69) is 35.9 Å². The SMILES string of the molecule is CC.CCc1ccc(N(CC)CCOC)nc1. The fraction of sp³-hybridized carbons (Fsp3) is 0.643. The molecule has 0 N–H and O–H groups in total. The van der Waals surface area contributed by atoms with Gasteiger partial charge >= 0.3 is 0 Å². The molecule has 0 saturated carbocycles. The number of hydrogen-bond donors (Lipinski definition) is 0. The van der Waals surface area contributed by atoms with Gasteiger partial charge in [0.15, 0.2) is 0 Å². The second-order valence-corrected chi connectivity index (χ2v) is 3.45. The average molecular weight is 238 g/mol. The molecule has 0 aliphatic heterocycles. The molecule has 1 aromatic rings. The highest BCUT2D eigenvalue weighted by Crippen LogP contribution is 2.11. The first-order valence-electron chi connectivity index (χ1n) is 6.50. The maximum Gasteiger partial charge on any atom is 0.128 e. The van der Waals surface area contributed by atoms with Gasteiger partial charge in [-0.05, 0) is 25.0 Å². The van der Waals surface area contributed by atoms with Crippen LogP contribution in [0.25, 0.3) is 0 Å². The van der Waals surface area contributed by atoms with Gasteiger partial charge < -0.3 is 9.64 Å². The van der Waals surface area contributed by atoms with E-state index in [1.54, 1.807) is 7.11 Å². The Morgan fingerprint density at radius 2 is 1.94 bits per heavy atom. The Labute approximate surface area is 106 Å². The molecule has 17 heavy (non-hydrogen) atoms. The third kappa shape index (κ3) is 5.68. The van der Waals surface area contributed by atoms with Gasteiger partial charge in [-0.15, -0.1) is 0 Å². The predicted octanol–water partition coefficient (Wildman–Crippen LogP) is 3.14. The minimum Gasteiger partial charge on any atom is -0.383 e. The number of aromatic nitrogens is 1. The van der Waals surface area contributed by atoms with Gasteiger partial charge in [0.05, 0.1) is 6.61 Å². The molecule has 0 spiro atoms. The van der Waals surface area contributed by atoms with Crippen LogP contribution < -0.4 is 4.90 Å². The molecule has 1 heterocycles. The van der Waals surface area contributed by atoms with Gasteiger partial charge in [0.2, 0.25) is 0 Å². The molecular weight excluding hydrogens is 212 g/mol. The van der Waals surface area contributed by atoms with Crippen LogP contribution in [0.5, 0.6) is 0 Å². The van der Waals surface area contributed by atoms with Gasteiger partial charge in [-0.25, -0.2) is 4.98 Å².